The molecule has 144 valence electrons. The molecule has 4 rings (SSSR count). The lowest BCUT2D eigenvalue weighted by atomic mass is 10.0. The van der Waals surface area contributed by atoms with Gasteiger partial charge in [-0.25, -0.2) is 9.37 Å². The molecule has 1 amide bonds. The van der Waals surface area contributed by atoms with Gasteiger partial charge in [0, 0.05) is 24.8 Å². The summed E-state index contributed by atoms with van der Waals surface area (Å²) >= 11 is 0. The number of hydrogen-bond acceptors (Lipinski definition) is 3. The molecule has 0 N–H and O–H groups in total. The van der Waals surface area contributed by atoms with E-state index in [0.29, 0.717) is 24.4 Å². The summed E-state index contributed by atoms with van der Waals surface area (Å²) in [6.07, 6.45) is 7.42. The molecule has 1 saturated heterocycles. The third-order valence-electron chi connectivity index (χ3n) is 5.24. The molecule has 0 spiro atoms. The van der Waals surface area contributed by atoms with Gasteiger partial charge in [-0.05, 0) is 49.6 Å². The van der Waals surface area contributed by atoms with Gasteiger partial charge in [0.2, 0.25) is 5.78 Å². The molecular weight excluding hydrogens is 357 g/mol. The van der Waals surface area contributed by atoms with Gasteiger partial charge in [-0.1, -0.05) is 18.9 Å². The number of amides is 1. The van der Waals surface area contributed by atoms with Crippen LogP contribution >= 0.6 is 0 Å². The van der Waals surface area contributed by atoms with E-state index in [1.165, 1.54) is 24.4 Å². The number of carbonyl (C=O) groups excluding carboxylic acids is 2. The summed E-state index contributed by atoms with van der Waals surface area (Å²) in [7, 11) is 0. The van der Waals surface area contributed by atoms with E-state index in [-0.39, 0.29) is 17.0 Å². The van der Waals surface area contributed by atoms with E-state index in [1.54, 1.807) is 15.5 Å². The van der Waals surface area contributed by atoms with Gasteiger partial charge in [-0.2, -0.15) is 0 Å². The van der Waals surface area contributed by atoms with Crippen molar-refractivity contribution in [2.75, 3.05) is 13.1 Å². The fraction of sp³-hybridized carbons (Fsp3) is 0.318. The van der Waals surface area contributed by atoms with Gasteiger partial charge in [0.05, 0.1) is 11.8 Å². The van der Waals surface area contributed by atoms with Crippen molar-refractivity contribution in [1.29, 1.82) is 0 Å². The van der Waals surface area contributed by atoms with Crippen LogP contribution in [0.5, 0.6) is 0 Å². The van der Waals surface area contributed by atoms with Crippen LogP contribution in [0.4, 0.5) is 4.39 Å². The number of ketones is 1. The number of likely N-dealkylation sites (tertiary alicyclic amines) is 1. The first-order chi connectivity index (χ1) is 13.5. The van der Waals surface area contributed by atoms with Crippen molar-refractivity contribution in [2.45, 2.75) is 32.6 Å². The summed E-state index contributed by atoms with van der Waals surface area (Å²) in [5, 5.41) is 0. The topological polar surface area (TPSA) is 54.7 Å². The molecule has 0 atom stereocenters. The minimum Gasteiger partial charge on any atom is -0.339 e. The zero-order chi connectivity index (χ0) is 19.7. The van der Waals surface area contributed by atoms with Crippen LogP contribution in [0.2, 0.25) is 0 Å². The van der Waals surface area contributed by atoms with Gasteiger partial charge in [0.15, 0.2) is 0 Å². The Morgan fingerprint density at radius 1 is 1.04 bits per heavy atom. The van der Waals surface area contributed by atoms with Gasteiger partial charge in [0.25, 0.3) is 5.91 Å². The first-order valence-corrected chi connectivity index (χ1v) is 9.62. The number of aromatic nitrogens is 2. The summed E-state index contributed by atoms with van der Waals surface area (Å²) in [5.41, 5.74) is 2.12. The van der Waals surface area contributed by atoms with Gasteiger partial charge in [0.1, 0.15) is 17.2 Å². The number of imidazole rings is 1. The van der Waals surface area contributed by atoms with Crippen molar-refractivity contribution in [2.24, 2.45) is 0 Å². The van der Waals surface area contributed by atoms with Crippen LogP contribution in [-0.4, -0.2) is 39.1 Å². The number of halogens is 1. The van der Waals surface area contributed by atoms with Crippen LogP contribution in [-0.2, 0) is 0 Å². The second-order valence-corrected chi connectivity index (χ2v) is 7.31. The van der Waals surface area contributed by atoms with Crippen molar-refractivity contribution in [1.82, 2.24) is 14.3 Å². The summed E-state index contributed by atoms with van der Waals surface area (Å²) in [6.45, 7) is 3.31. The molecular formula is C22H22FN3O2. The van der Waals surface area contributed by atoms with Crippen molar-refractivity contribution >= 4 is 17.3 Å². The molecule has 2 aromatic heterocycles. The lowest BCUT2D eigenvalue weighted by Gasteiger charge is -2.20. The van der Waals surface area contributed by atoms with Gasteiger partial charge in [-0.3, -0.25) is 14.0 Å². The Hall–Kier alpha value is -3.02. The van der Waals surface area contributed by atoms with E-state index < -0.39 is 11.6 Å². The first kappa shape index (κ1) is 18.3. The number of pyridine rings is 1. The summed E-state index contributed by atoms with van der Waals surface area (Å²) in [4.78, 5) is 31.6. The number of fused-ring (bicyclic) bond motifs is 1. The second-order valence-electron chi connectivity index (χ2n) is 7.31. The molecule has 3 heterocycles. The molecule has 3 aromatic rings. The van der Waals surface area contributed by atoms with Crippen LogP contribution in [0, 0.1) is 12.7 Å². The fourth-order valence-corrected chi connectivity index (χ4v) is 3.68. The molecule has 0 saturated carbocycles. The van der Waals surface area contributed by atoms with Gasteiger partial charge >= 0.3 is 0 Å². The first-order valence-electron chi connectivity index (χ1n) is 9.62. The smallest absolute Gasteiger partial charge is 0.253 e. The molecule has 1 aliphatic heterocycles. The molecule has 1 fully saturated rings. The van der Waals surface area contributed by atoms with Gasteiger partial charge in [-0.15, -0.1) is 0 Å². The highest BCUT2D eigenvalue weighted by Crippen LogP contribution is 2.19. The summed E-state index contributed by atoms with van der Waals surface area (Å²) in [6, 6.07) is 7.83. The van der Waals surface area contributed by atoms with Crippen molar-refractivity contribution in [3.05, 3.63) is 70.9 Å². The predicted octanol–water partition coefficient (Wildman–Crippen LogP) is 4.03. The average molecular weight is 379 g/mol. The van der Waals surface area contributed by atoms with Gasteiger partial charge < -0.3 is 4.90 Å². The average Bonchev–Trinajstić information content (AvgIpc) is 2.91. The van der Waals surface area contributed by atoms with E-state index in [2.05, 4.69) is 4.98 Å². The van der Waals surface area contributed by atoms with Crippen LogP contribution < -0.4 is 0 Å². The maximum atomic E-state index is 14.8. The van der Waals surface area contributed by atoms with Crippen LogP contribution in [0.15, 0.2) is 42.7 Å². The van der Waals surface area contributed by atoms with Crippen molar-refractivity contribution in [3.63, 3.8) is 0 Å². The highest BCUT2D eigenvalue weighted by molar-refractivity contribution is 6.09. The summed E-state index contributed by atoms with van der Waals surface area (Å²) in [5.74, 6) is -1.32. The molecule has 0 aliphatic carbocycles. The summed E-state index contributed by atoms with van der Waals surface area (Å²) < 4.78 is 16.4. The van der Waals surface area contributed by atoms with E-state index in [0.717, 1.165) is 31.2 Å². The Bertz CT molecular complexity index is 1050. The molecule has 0 radical (unpaired) electrons. The van der Waals surface area contributed by atoms with Crippen LogP contribution in [0.3, 0.4) is 0 Å². The lowest BCUT2D eigenvalue weighted by molar-refractivity contribution is 0.0760. The van der Waals surface area contributed by atoms with E-state index in [9.17, 15) is 14.0 Å². The zero-order valence-electron chi connectivity index (χ0n) is 15.8. The third kappa shape index (κ3) is 3.42. The van der Waals surface area contributed by atoms with E-state index in [4.69, 9.17) is 0 Å². The van der Waals surface area contributed by atoms with Crippen molar-refractivity contribution in [3.8, 4) is 0 Å². The predicted molar refractivity (Wildman–Crippen MR) is 104 cm³/mol. The Morgan fingerprint density at radius 3 is 2.50 bits per heavy atom. The molecule has 6 heteroatoms. The van der Waals surface area contributed by atoms with Crippen LogP contribution in [0.1, 0.15) is 57.7 Å². The number of benzene rings is 1. The lowest BCUT2D eigenvalue weighted by Crippen LogP contribution is -2.32. The third-order valence-corrected chi connectivity index (χ3v) is 5.24. The second kappa shape index (κ2) is 7.54. The Kier molecular flexibility index (Phi) is 4.94. The fourth-order valence-electron chi connectivity index (χ4n) is 3.68. The zero-order valence-corrected chi connectivity index (χ0v) is 15.8. The standard InChI is InChI=1S/C22H22FN3O2/c1-15-6-9-20-24-13-19(26(20)14-15)21(27)17-8-7-16(12-18(17)23)22(28)25-10-4-2-3-5-11-25/h6-9,12-14H,2-5,10-11H2,1H3. The molecule has 5 nitrogen and oxygen atoms in total. The number of carbonyl (C=O) groups is 2. The SMILES string of the molecule is Cc1ccc2ncc(C(=O)c3ccc(C(=O)N4CCCCCC4)cc3F)n2c1. The monoisotopic (exact) mass is 379 g/mol. The van der Waals surface area contributed by atoms with Crippen molar-refractivity contribution < 1.29 is 14.0 Å². The molecule has 28 heavy (non-hydrogen) atoms. The Labute approximate surface area is 162 Å². The number of rotatable bonds is 3. The minimum atomic E-state index is -0.687. The maximum absolute atomic E-state index is 14.8. The Morgan fingerprint density at radius 2 is 1.79 bits per heavy atom. The highest BCUT2D eigenvalue weighted by atomic mass is 19.1. The number of nitrogens with zero attached hydrogens (tertiary/aromatic N) is 3. The molecule has 1 aliphatic rings. The quantitative estimate of drug-likeness (QED) is 0.646. The highest BCUT2D eigenvalue weighted by Gasteiger charge is 2.22. The Balaban J connectivity index is 1.62. The molecule has 0 bridgehead atoms. The molecule has 0 unspecified atom stereocenters. The number of aryl methyl sites for hydroxylation is 1. The normalized spacial score (nSPS) is 14.9. The van der Waals surface area contributed by atoms with Crippen LogP contribution in [0.25, 0.3) is 5.65 Å². The molecule has 1 aromatic carbocycles. The van der Waals surface area contributed by atoms with E-state index in [1.807, 2.05) is 19.1 Å². The largest absolute Gasteiger partial charge is 0.339 e. The number of hydrogen-bond donors (Lipinski definition) is 0. The maximum Gasteiger partial charge on any atom is 0.253 e. The van der Waals surface area contributed by atoms with E-state index >= 15 is 0 Å². The minimum absolute atomic E-state index is 0.0595.